The van der Waals surface area contributed by atoms with E-state index in [0.717, 1.165) is 38.0 Å². The highest BCUT2D eigenvalue weighted by atomic mass is 35.5. The monoisotopic (exact) mass is 312 g/mol. The lowest BCUT2D eigenvalue weighted by Crippen LogP contribution is -2.46. The lowest BCUT2D eigenvalue weighted by atomic mass is 9.71. The lowest BCUT2D eigenvalue weighted by molar-refractivity contribution is 0.175. The maximum atomic E-state index is 6.20. The summed E-state index contributed by atoms with van der Waals surface area (Å²) in [7, 11) is 0. The van der Waals surface area contributed by atoms with Gasteiger partial charge in [0.15, 0.2) is 0 Å². The van der Waals surface area contributed by atoms with Crippen molar-refractivity contribution in [2.45, 2.75) is 31.6 Å². The van der Waals surface area contributed by atoms with Crippen LogP contribution in [0.25, 0.3) is 0 Å². The third kappa shape index (κ3) is 3.13. The fourth-order valence-electron chi connectivity index (χ4n) is 3.14. The van der Waals surface area contributed by atoms with Crippen molar-refractivity contribution in [1.82, 2.24) is 4.90 Å². The van der Waals surface area contributed by atoms with Crippen molar-refractivity contribution in [2.75, 3.05) is 19.6 Å². The van der Waals surface area contributed by atoms with Crippen LogP contribution in [0.3, 0.4) is 0 Å². The second-order valence-electron chi connectivity index (χ2n) is 5.71. The number of rotatable bonds is 4. The van der Waals surface area contributed by atoms with E-state index in [1.807, 2.05) is 12.1 Å². The summed E-state index contributed by atoms with van der Waals surface area (Å²) in [5.74, 6) is 0. The normalized spacial score (nSPS) is 22.9. The van der Waals surface area contributed by atoms with E-state index in [2.05, 4.69) is 24.5 Å². The number of benzene rings is 1. The summed E-state index contributed by atoms with van der Waals surface area (Å²) >= 11 is 12.2. The van der Waals surface area contributed by atoms with Gasteiger partial charge < -0.3 is 10.6 Å². The first-order chi connectivity index (χ1) is 9.48. The van der Waals surface area contributed by atoms with Crippen LogP contribution in [0, 0.1) is 0 Å². The Hall–Kier alpha value is -0.700. The molecule has 110 valence electrons. The minimum Gasteiger partial charge on any atom is -0.375 e. The molecule has 0 spiro atoms. The van der Waals surface area contributed by atoms with Crippen LogP contribution in [0.2, 0.25) is 10.0 Å². The van der Waals surface area contributed by atoms with Gasteiger partial charge in [-0.05, 0) is 50.4 Å². The summed E-state index contributed by atoms with van der Waals surface area (Å²) in [6, 6.07) is 5.98. The van der Waals surface area contributed by atoms with Crippen molar-refractivity contribution in [3.05, 3.63) is 46.1 Å². The molecule has 1 aromatic rings. The van der Waals surface area contributed by atoms with Crippen molar-refractivity contribution in [1.29, 1.82) is 0 Å². The van der Waals surface area contributed by atoms with Crippen LogP contribution in [0.1, 0.15) is 31.7 Å². The minimum atomic E-state index is 0.0557. The fraction of sp³-hybridized carbons (Fsp3) is 0.500. The predicted octanol–water partition coefficient (Wildman–Crippen LogP) is 4.21. The molecule has 1 aliphatic heterocycles. The largest absolute Gasteiger partial charge is 0.375 e. The number of nitrogens with zero attached hydrogens (tertiary/aromatic N) is 1. The third-order valence-corrected chi connectivity index (χ3v) is 5.01. The summed E-state index contributed by atoms with van der Waals surface area (Å²) in [6.45, 7) is 8.84. The fourth-order valence-corrected chi connectivity index (χ4v) is 3.44. The molecular formula is C16H22Cl2N2. The lowest BCUT2D eigenvalue weighted by Gasteiger charge is -2.44. The van der Waals surface area contributed by atoms with E-state index in [0.29, 0.717) is 16.6 Å². The number of allylic oxidation sites excluding steroid dienone is 1. The highest BCUT2D eigenvalue weighted by Crippen LogP contribution is 2.39. The van der Waals surface area contributed by atoms with Crippen LogP contribution >= 0.6 is 23.2 Å². The first-order valence-corrected chi connectivity index (χ1v) is 7.80. The van der Waals surface area contributed by atoms with Crippen molar-refractivity contribution >= 4 is 23.2 Å². The molecule has 2 rings (SSSR count). The second kappa shape index (κ2) is 6.38. The Balaban J connectivity index is 2.37. The highest BCUT2D eigenvalue weighted by molar-refractivity contribution is 6.42. The molecular weight excluding hydrogens is 291 g/mol. The molecule has 2 N–H and O–H groups in total. The molecule has 1 heterocycles. The average Bonchev–Trinajstić information content (AvgIpc) is 2.42. The molecule has 20 heavy (non-hydrogen) atoms. The number of piperidine rings is 1. The van der Waals surface area contributed by atoms with Crippen LogP contribution in [0.5, 0.6) is 0 Å². The number of nitrogens with two attached hydrogens (primary N) is 1. The van der Waals surface area contributed by atoms with Gasteiger partial charge in [-0.15, -0.1) is 0 Å². The van der Waals surface area contributed by atoms with E-state index < -0.39 is 0 Å². The van der Waals surface area contributed by atoms with Crippen molar-refractivity contribution in [3.8, 4) is 0 Å². The van der Waals surface area contributed by atoms with Gasteiger partial charge in [-0.3, -0.25) is 0 Å². The zero-order valence-electron chi connectivity index (χ0n) is 12.0. The molecule has 1 fully saturated rings. The molecule has 0 aliphatic carbocycles. The molecule has 0 saturated carbocycles. The summed E-state index contributed by atoms with van der Waals surface area (Å²) in [4.78, 5) is 2.35. The van der Waals surface area contributed by atoms with E-state index in [1.54, 1.807) is 0 Å². The van der Waals surface area contributed by atoms with Gasteiger partial charge in [-0.1, -0.05) is 35.8 Å². The topological polar surface area (TPSA) is 29.3 Å². The van der Waals surface area contributed by atoms with E-state index in [-0.39, 0.29) is 5.41 Å². The highest BCUT2D eigenvalue weighted by Gasteiger charge is 2.36. The number of likely N-dealkylation sites (tertiary alicyclic amines) is 1. The Labute approximate surface area is 131 Å². The van der Waals surface area contributed by atoms with Crippen LogP contribution in [-0.2, 0) is 5.41 Å². The maximum absolute atomic E-state index is 6.20. The molecule has 0 radical (unpaired) electrons. The van der Waals surface area contributed by atoms with Gasteiger partial charge in [0.25, 0.3) is 0 Å². The van der Waals surface area contributed by atoms with E-state index in [1.165, 1.54) is 5.56 Å². The van der Waals surface area contributed by atoms with Crippen molar-refractivity contribution in [3.63, 3.8) is 0 Å². The molecule has 1 aromatic carbocycles. The molecule has 0 unspecified atom stereocenters. The summed E-state index contributed by atoms with van der Waals surface area (Å²) in [5.41, 5.74) is 8.28. The van der Waals surface area contributed by atoms with Crippen LogP contribution in [0.15, 0.2) is 30.5 Å². The number of halogens is 2. The predicted molar refractivity (Wildman–Crippen MR) is 87.4 cm³/mol. The van der Waals surface area contributed by atoms with E-state index >= 15 is 0 Å². The average molecular weight is 313 g/mol. The van der Waals surface area contributed by atoms with Gasteiger partial charge in [-0.2, -0.15) is 0 Å². The summed E-state index contributed by atoms with van der Waals surface area (Å²) < 4.78 is 0. The van der Waals surface area contributed by atoms with Crippen molar-refractivity contribution in [2.24, 2.45) is 5.73 Å². The molecule has 4 heteroatoms. The minimum absolute atomic E-state index is 0.0557. The Kier molecular flexibility index (Phi) is 5.00. The standard InChI is InChI=1S/C16H22Cl2N2/c1-12(2)20-9-3-6-16(11-20,7-8-19)13-4-5-14(17)15(18)10-13/h4-5,10H,1,3,6-9,11,19H2,2H3/t16-/m1/s1. The Morgan fingerprint density at radius 3 is 2.75 bits per heavy atom. The molecule has 1 saturated heterocycles. The molecule has 0 bridgehead atoms. The molecule has 0 aromatic heterocycles. The van der Waals surface area contributed by atoms with Gasteiger partial charge >= 0.3 is 0 Å². The second-order valence-corrected chi connectivity index (χ2v) is 6.52. The van der Waals surface area contributed by atoms with Crippen LogP contribution in [0.4, 0.5) is 0 Å². The van der Waals surface area contributed by atoms with Gasteiger partial charge in [0.05, 0.1) is 10.0 Å². The summed E-state index contributed by atoms with van der Waals surface area (Å²) in [6.07, 6.45) is 3.23. The maximum Gasteiger partial charge on any atom is 0.0595 e. The smallest absolute Gasteiger partial charge is 0.0595 e. The Morgan fingerprint density at radius 2 is 2.15 bits per heavy atom. The van der Waals surface area contributed by atoms with Gasteiger partial charge in [0.2, 0.25) is 0 Å². The first-order valence-electron chi connectivity index (χ1n) is 7.04. The van der Waals surface area contributed by atoms with Crippen LogP contribution in [-0.4, -0.2) is 24.5 Å². The van der Waals surface area contributed by atoms with E-state index in [4.69, 9.17) is 28.9 Å². The Bertz CT molecular complexity index is 497. The van der Waals surface area contributed by atoms with Crippen LogP contribution < -0.4 is 5.73 Å². The van der Waals surface area contributed by atoms with E-state index in [9.17, 15) is 0 Å². The van der Waals surface area contributed by atoms with Gasteiger partial charge in [-0.25, -0.2) is 0 Å². The molecule has 2 nitrogen and oxygen atoms in total. The number of hydrogen-bond acceptors (Lipinski definition) is 2. The quantitative estimate of drug-likeness (QED) is 0.902. The Morgan fingerprint density at radius 1 is 1.40 bits per heavy atom. The SMILES string of the molecule is C=C(C)N1CCC[C@](CCN)(c2ccc(Cl)c(Cl)c2)C1. The summed E-state index contributed by atoms with van der Waals surface area (Å²) in [5, 5.41) is 1.22. The zero-order chi connectivity index (χ0) is 14.8. The third-order valence-electron chi connectivity index (χ3n) is 4.27. The van der Waals surface area contributed by atoms with Gasteiger partial charge in [0.1, 0.15) is 0 Å². The molecule has 1 aliphatic rings. The molecule has 1 atom stereocenters. The van der Waals surface area contributed by atoms with Gasteiger partial charge in [0, 0.05) is 24.2 Å². The van der Waals surface area contributed by atoms with Crippen molar-refractivity contribution < 1.29 is 0 Å². The molecule has 0 amide bonds. The first kappa shape index (κ1) is 15.7. The zero-order valence-corrected chi connectivity index (χ0v) is 13.5. The number of hydrogen-bond donors (Lipinski definition) is 1.